The summed E-state index contributed by atoms with van der Waals surface area (Å²) in [5.41, 5.74) is 3.31. The summed E-state index contributed by atoms with van der Waals surface area (Å²) in [4.78, 5) is 15.6. The van der Waals surface area contributed by atoms with Gasteiger partial charge in [-0.2, -0.15) is 0 Å². The SMILES string of the molecule is CCC(C)(C)CC1=C(C)C(c2ccc(OCc3ccccc3)cc2F)N(C(=O)Oc2ccc(OC)cc2)c2cccc(O)c2N1. The molecule has 1 unspecified atom stereocenters. The Morgan fingerprint density at radius 3 is 2.31 bits per heavy atom. The van der Waals surface area contributed by atoms with Gasteiger partial charge in [0.1, 0.15) is 41.1 Å². The van der Waals surface area contributed by atoms with E-state index in [4.69, 9.17) is 14.2 Å². The Hall–Kier alpha value is -4.98. The first-order valence-corrected chi connectivity index (χ1v) is 15.0. The Morgan fingerprint density at radius 2 is 1.64 bits per heavy atom. The smallest absolute Gasteiger partial charge is 0.420 e. The maximum Gasteiger partial charge on any atom is 0.420 e. The molecule has 0 saturated carbocycles. The molecular weight excluding hydrogens is 571 g/mol. The second kappa shape index (κ2) is 13.3. The van der Waals surface area contributed by atoms with Gasteiger partial charge in [-0.05, 0) is 78.4 Å². The first-order chi connectivity index (χ1) is 21.6. The minimum atomic E-state index is -0.905. The summed E-state index contributed by atoms with van der Waals surface area (Å²) in [6, 6.07) is 25.0. The third-order valence-electron chi connectivity index (χ3n) is 8.29. The number of hydrogen-bond donors (Lipinski definition) is 2. The van der Waals surface area contributed by atoms with E-state index in [1.54, 1.807) is 61.7 Å². The van der Waals surface area contributed by atoms with Crippen molar-refractivity contribution in [2.24, 2.45) is 5.41 Å². The third-order valence-corrected chi connectivity index (χ3v) is 8.29. The average molecular weight is 611 g/mol. The topological polar surface area (TPSA) is 80.3 Å². The number of methoxy groups -OCH3 is 1. The molecule has 8 heteroatoms. The highest BCUT2D eigenvalue weighted by Crippen LogP contribution is 2.48. The molecule has 1 atom stereocenters. The van der Waals surface area contributed by atoms with E-state index in [-0.39, 0.29) is 29.1 Å². The summed E-state index contributed by atoms with van der Waals surface area (Å²) in [6.07, 6.45) is 0.744. The first-order valence-electron chi connectivity index (χ1n) is 15.0. The van der Waals surface area contributed by atoms with Crippen LogP contribution in [0.2, 0.25) is 0 Å². The molecule has 0 aliphatic carbocycles. The molecule has 7 nitrogen and oxygen atoms in total. The average Bonchev–Trinajstić information content (AvgIpc) is 3.15. The van der Waals surface area contributed by atoms with Gasteiger partial charge in [0, 0.05) is 17.3 Å². The number of anilines is 2. The van der Waals surface area contributed by atoms with Crippen LogP contribution < -0.4 is 24.4 Å². The van der Waals surface area contributed by atoms with Crippen molar-refractivity contribution in [3.8, 4) is 23.0 Å². The van der Waals surface area contributed by atoms with Crippen LogP contribution in [0.1, 0.15) is 57.7 Å². The van der Waals surface area contributed by atoms with E-state index < -0.39 is 18.0 Å². The molecule has 5 rings (SSSR count). The predicted molar refractivity (Wildman–Crippen MR) is 175 cm³/mol. The van der Waals surface area contributed by atoms with Crippen molar-refractivity contribution >= 4 is 17.5 Å². The van der Waals surface area contributed by atoms with Gasteiger partial charge in [-0.15, -0.1) is 0 Å². The Morgan fingerprint density at radius 1 is 0.956 bits per heavy atom. The highest BCUT2D eigenvalue weighted by molar-refractivity contribution is 5.97. The van der Waals surface area contributed by atoms with Crippen LogP contribution in [0.5, 0.6) is 23.0 Å². The highest BCUT2D eigenvalue weighted by atomic mass is 19.1. The van der Waals surface area contributed by atoms with Gasteiger partial charge in [-0.25, -0.2) is 9.18 Å². The summed E-state index contributed by atoms with van der Waals surface area (Å²) in [5.74, 6) is 0.689. The number of halogens is 1. The molecule has 0 bridgehead atoms. The lowest BCUT2D eigenvalue weighted by Gasteiger charge is -2.32. The lowest BCUT2D eigenvalue weighted by atomic mass is 9.83. The van der Waals surface area contributed by atoms with Crippen LogP contribution >= 0.6 is 0 Å². The van der Waals surface area contributed by atoms with Crippen LogP contribution in [0.15, 0.2) is 102 Å². The number of allylic oxidation sites excluding steroid dienone is 1. The zero-order valence-electron chi connectivity index (χ0n) is 26.3. The fourth-order valence-corrected chi connectivity index (χ4v) is 5.32. The second-order valence-electron chi connectivity index (χ2n) is 11.9. The van der Waals surface area contributed by atoms with E-state index in [1.807, 2.05) is 37.3 Å². The van der Waals surface area contributed by atoms with E-state index in [0.29, 0.717) is 29.3 Å². The summed E-state index contributed by atoms with van der Waals surface area (Å²) in [6.45, 7) is 8.58. The van der Waals surface area contributed by atoms with Gasteiger partial charge in [-0.1, -0.05) is 63.6 Å². The number of phenols is 1. The van der Waals surface area contributed by atoms with Crippen LogP contribution in [0.3, 0.4) is 0 Å². The highest BCUT2D eigenvalue weighted by Gasteiger charge is 2.38. The van der Waals surface area contributed by atoms with Crippen molar-refractivity contribution in [2.45, 2.75) is 53.2 Å². The maximum absolute atomic E-state index is 16.2. The third kappa shape index (κ3) is 7.06. The van der Waals surface area contributed by atoms with Crippen molar-refractivity contribution in [1.82, 2.24) is 0 Å². The van der Waals surface area contributed by atoms with Gasteiger partial charge in [0.2, 0.25) is 0 Å². The van der Waals surface area contributed by atoms with Gasteiger partial charge >= 0.3 is 6.09 Å². The van der Waals surface area contributed by atoms with Crippen LogP contribution in [0.4, 0.5) is 20.6 Å². The Balaban J connectivity index is 1.61. The van der Waals surface area contributed by atoms with Gasteiger partial charge in [0.25, 0.3) is 0 Å². The molecule has 234 valence electrons. The fourth-order valence-electron chi connectivity index (χ4n) is 5.32. The minimum absolute atomic E-state index is 0.0415. The molecule has 4 aromatic rings. The number of carbonyl (C=O) groups excluding carboxylic acids is 1. The van der Waals surface area contributed by atoms with Crippen molar-refractivity contribution in [3.05, 3.63) is 119 Å². The molecule has 45 heavy (non-hydrogen) atoms. The number of amides is 1. The number of carbonyl (C=O) groups is 1. The zero-order chi connectivity index (χ0) is 32.1. The lowest BCUT2D eigenvalue weighted by Crippen LogP contribution is -2.38. The van der Waals surface area contributed by atoms with Crippen molar-refractivity contribution in [2.75, 3.05) is 17.3 Å². The monoisotopic (exact) mass is 610 g/mol. The number of nitrogens with one attached hydrogen (secondary N) is 1. The number of hydrogen-bond acceptors (Lipinski definition) is 6. The number of phenolic OH excluding ortho intramolecular Hbond substituents is 1. The van der Waals surface area contributed by atoms with E-state index in [1.165, 1.54) is 11.0 Å². The van der Waals surface area contributed by atoms with Crippen LogP contribution in [0, 0.1) is 11.2 Å². The van der Waals surface area contributed by atoms with Gasteiger partial charge in [0.05, 0.1) is 18.8 Å². The molecule has 4 aromatic carbocycles. The Labute approximate surface area is 263 Å². The zero-order valence-corrected chi connectivity index (χ0v) is 26.3. The lowest BCUT2D eigenvalue weighted by molar-refractivity contribution is 0.205. The largest absolute Gasteiger partial charge is 0.506 e. The Kier molecular flexibility index (Phi) is 9.32. The standard InChI is InChI=1S/C37H39FN2O5/c1-6-37(3,4)22-31-24(2)35(29-20-19-28(21-30(29)38)44-23-25-11-8-7-9-12-25)40(32-13-10-14-33(41)34(32)39-31)36(42)45-27-17-15-26(43-5)16-18-27/h7-21,35,39,41H,6,22-23H2,1-5H3. The molecule has 0 radical (unpaired) electrons. The van der Waals surface area contributed by atoms with E-state index in [0.717, 1.165) is 23.3 Å². The second-order valence-corrected chi connectivity index (χ2v) is 11.9. The van der Waals surface area contributed by atoms with E-state index >= 15 is 4.39 Å². The predicted octanol–water partition coefficient (Wildman–Crippen LogP) is 9.39. The molecule has 1 aliphatic heterocycles. The van der Waals surface area contributed by atoms with Gasteiger partial charge in [0.15, 0.2) is 0 Å². The van der Waals surface area contributed by atoms with Crippen LogP contribution in [0.25, 0.3) is 0 Å². The Bertz CT molecular complexity index is 1690. The van der Waals surface area contributed by atoms with Crippen molar-refractivity contribution in [3.63, 3.8) is 0 Å². The summed E-state index contributed by atoms with van der Waals surface area (Å²) in [7, 11) is 1.55. The van der Waals surface area contributed by atoms with E-state index in [2.05, 4.69) is 26.1 Å². The molecule has 1 heterocycles. The minimum Gasteiger partial charge on any atom is -0.506 e. The first kappa shape index (κ1) is 31.4. The summed E-state index contributed by atoms with van der Waals surface area (Å²) in [5, 5.41) is 14.4. The normalized spacial score (nSPS) is 14.7. The molecular formula is C37H39FN2O5. The molecule has 1 aliphatic rings. The number of para-hydroxylation sites is 1. The molecule has 1 amide bonds. The van der Waals surface area contributed by atoms with Crippen molar-refractivity contribution < 1.29 is 28.5 Å². The van der Waals surface area contributed by atoms with Crippen LogP contribution in [-0.4, -0.2) is 18.3 Å². The van der Waals surface area contributed by atoms with Crippen molar-refractivity contribution in [1.29, 1.82) is 0 Å². The molecule has 2 N–H and O–H groups in total. The molecule has 0 fully saturated rings. The quantitative estimate of drug-likeness (QED) is 0.184. The molecule has 0 saturated heterocycles. The molecule has 0 spiro atoms. The fraction of sp³-hybridized carbons (Fsp3) is 0.270. The molecule has 0 aromatic heterocycles. The summed E-state index contributed by atoms with van der Waals surface area (Å²) < 4.78 is 33.2. The van der Waals surface area contributed by atoms with E-state index in [9.17, 15) is 9.90 Å². The van der Waals surface area contributed by atoms with Gasteiger partial charge < -0.3 is 24.6 Å². The van der Waals surface area contributed by atoms with Crippen LogP contribution in [-0.2, 0) is 6.61 Å². The number of aromatic hydroxyl groups is 1. The number of ether oxygens (including phenoxy) is 3. The summed E-state index contributed by atoms with van der Waals surface area (Å²) >= 11 is 0. The maximum atomic E-state index is 16.2. The number of rotatable bonds is 9. The number of nitrogens with zero attached hydrogens (tertiary/aromatic N) is 1. The number of fused-ring (bicyclic) bond motifs is 1. The van der Waals surface area contributed by atoms with Gasteiger partial charge in [-0.3, -0.25) is 4.90 Å². The number of benzene rings is 4.